The van der Waals surface area contributed by atoms with Gasteiger partial charge in [0.1, 0.15) is 0 Å². The Morgan fingerprint density at radius 3 is 3.00 bits per heavy atom. The average Bonchev–Trinajstić information content (AvgIpc) is 3.30. The van der Waals surface area contributed by atoms with Gasteiger partial charge in [0.15, 0.2) is 11.5 Å². The van der Waals surface area contributed by atoms with E-state index in [1.165, 1.54) is 23.3 Å². The van der Waals surface area contributed by atoms with E-state index < -0.39 is 0 Å². The van der Waals surface area contributed by atoms with Crippen molar-refractivity contribution in [3.8, 4) is 11.5 Å². The molecule has 0 saturated heterocycles. The molecule has 0 radical (unpaired) electrons. The van der Waals surface area contributed by atoms with Crippen LogP contribution in [0.2, 0.25) is 0 Å². The summed E-state index contributed by atoms with van der Waals surface area (Å²) >= 11 is 1.60. The molecule has 0 fully saturated rings. The highest BCUT2D eigenvalue weighted by Gasteiger charge is 2.22. The highest BCUT2D eigenvalue weighted by Crippen LogP contribution is 2.34. The number of hydrogen-bond donors (Lipinski definition) is 1. The van der Waals surface area contributed by atoms with Crippen molar-refractivity contribution in [3.63, 3.8) is 0 Å². The van der Waals surface area contributed by atoms with Gasteiger partial charge in [0.25, 0.3) is 5.91 Å². The minimum absolute atomic E-state index is 0.141. The number of hydrazone groups is 1. The SMILES string of the molecule is CC[C@@H]1CCc2sc(C(=O)N/N=C(/C)c3ccc4c(c3)OCO4)cc2C1. The Bertz CT molecular complexity index is 872. The first-order valence-corrected chi connectivity index (χ1v) is 9.82. The number of nitrogens with one attached hydrogen (secondary N) is 1. The second kappa shape index (κ2) is 7.11. The van der Waals surface area contributed by atoms with Crippen molar-refractivity contribution in [2.45, 2.75) is 39.5 Å². The van der Waals surface area contributed by atoms with Gasteiger partial charge in [0.05, 0.1) is 10.6 Å². The zero-order valence-corrected chi connectivity index (χ0v) is 15.8. The van der Waals surface area contributed by atoms with Crippen LogP contribution in [0, 0.1) is 5.92 Å². The van der Waals surface area contributed by atoms with Gasteiger partial charge in [0.2, 0.25) is 6.79 Å². The molecule has 1 amide bonds. The lowest BCUT2D eigenvalue weighted by atomic mass is 9.87. The van der Waals surface area contributed by atoms with Crippen LogP contribution in [0.5, 0.6) is 11.5 Å². The maximum absolute atomic E-state index is 12.5. The number of rotatable bonds is 4. The number of nitrogens with zero attached hydrogens (tertiary/aromatic N) is 1. The van der Waals surface area contributed by atoms with E-state index in [-0.39, 0.29) is 12.7 Å². The molecule has 2 heterocycles. The normalized spacial score (nSPS) is 18.5. The van der Waals surface area contributed by atoms with Crippen LogP contribution in [-0.2, 0) is 12.8 Å². The fourth-order valence-corrected chi connectivity index (χ4v) is 4.53. The average molecular weight is 370 g/mol. The van der Waals surface area contributed by atoms with E-state index >= 15 is 0 Å². The second-order valence-corrected chi connectivity index (χ2v) is 7.92. The minimum atomic E-state index is -0.141. The molecule has 5 nitrogen and oxygen atoms in total. The van der Waals surface area contributed by atoms with Gasteiger partial charge in [-0.15, -0.1) is 11.3 Å². The van der Waals surface area contributed by atoms with Crippen molar-refractivity contribution in [2.75, 3.05) is 6.79 Å². The molecule has 136 valence electrons. The molecular weight excluding hydrogens is 348 g/mol. The summed E-state index contributed by atoms with van der Waals surface area (Å²) in [7, 11) is 0. The van der Waals surface area contributed by atoms with E-state index in [4.69, 9.17) is 9.47 Å². The predicted molar refractivity (Wildman–Crippen MR) is 102 cm³/mol. The molecule has 1 aromatic carbocycles. The van der Waals surface area contributed by atoms with Crippen LogP contribution in [0.1, 0.15) is 52.4 Å². The van der Waals surface area contributed by atoms with Crippen molar-refractivity contribution in [2.24, 2.45) is 11.0 Å². The van der Waals surface area contributed by atoms with E-state index in [0.717, 1.165) is 40.7 Å². The molecule has 1 aliphatic carbocycles. The summed E-state index contributed by atoms with van der Waals surface area (Å²) in [6.07, 6.45) is 4.61. The quantitative estimate of drug-likeness (QED) is 0.650. The lowest BCUT2D eigenvalue weighted by Crippen LogP contribution is -2.18. The van der Waals surface area contributed by atoms with Crippen molar-refractivity contribution in [1.82, 2.24) is 5.43 Å². The van der Waals surface area contributed by atoms with Gasteiger partial charge in [-0.1, -0.05) is 13.3 Å². The lowest BCUT2D eigenvalue weighted by molar-refractivity contribution is 0.0959. The van der Waals surface area contributed by atoms with Gasteiger partial charge in [-0.05, 0) is 61.9 Å². The maximum atomic E-state index is 12.5. The third kappa shape index (κ3) is 3.33. The minimum Gasteiger partial charge on any atom is -0.454 e. The zero-order valence-electron chi connectivity index (χ0n) is 15.0. The van der Waals surface area contributed by atoms with Crippen LogP contribution in [0.25, 0.3) is 0 Å². The second-order valence-electron chi connectivity index (χ2n) is 6.78. The standard InChI is InChI=1S/C20H22N2O3S/c1-3-13-4-7-18-15(8-13)10-19(26-18)20(23)22-21-12(2)14-5-6-16-17(9-14)25-11-24-16/h5-6,9-10,13H,3-4,7-8,11H2,1-2H3,(H,22,23)/b21-12-/t13-/m1/s1. The van der Waals surface area contributed by atoms with E-state index in [1.54, 1.807) is 11.3 Å². The number of carbonyl (C=O) groups excluding carboxylic acids is 1. The van der Waals surface area contributed by atoms with Crippen LogP contribution in [-0.4, -0.2) is 18.4 Å². The number of carbonyl (C=O) groups is 1. The van der Waals surface area contributed by atoms with Crippen LogP contribution in [0.3, 0.4) is 0 Å². The Labute approximate surface area is 157 Å². The molecule has 2 aliphatic rings. The lowest BCUT2D eigenvalue weighted by Gasteiger charge is -2.19. The third-order valence-corrected chi connectivity index (χ3v) is 6.34. The first-order chi connectivity index (χ1) is 12.6. The Hall–Kier alpha value is -2.34. The molecule has 0 saturated carbocycles. The first kappa shape index (κ1) is 17.1. The number of hydrogen-bond acceptors (Lipinski definition) is 5. The van der Waals surface area contributed by atoms with E-state index in [9.17, 15) is 4.79 Å². The van der Waals surface area contributed by atoms with Crippen molar-refractivity contribution in [1.29, 1.82) is 0 Å². The molecular formula is C20H22N2O3S. The van der Waals surface area contributed by atoms with E-state index in [2.05, 4.69) is 17.5 Å². The summed E-state index contributed by atoms with van der Waals surface area (Å²) < 4.78 is 10.7. The van der Waals surface area contributed by atoms with Gasteiger partial charge in [0, 0.05) is 10.4 Å². The van der Waals surface area contributed by atoms with Gasteiger partial charge >= 0.3 is 0 Å². The Kier molecular flexibility index (Phi) is 4.68. The summed E-state index contributed by atoms with van der Waals surface area (Å²) in [5.74, 6) is 2.05. The molecule has 1 N–H and O–H groups in total. The van der Waals surface area contributed by atoms with Crippen molar-refractivity contribution >= 4 is 23.0 Å². The van der Waals surface area contributed by atoms with Crippen LogP contribution in [0.4, 0.5) is 0 Å². The van der Waals surface area contributed by atoms with Crippen LogP contribution < -0.4 is 14.9 Å². The Morgan fingerprint density at radius 1 is 1.31 bits per heavy atom. The molecule has 1 aromatic heterocycles. The monoisotopic (exact) mass is 370 g/mol. The van der Waals surface area contributed by atoms with Crippen molar-refractivity contribution < 1.29 is 14.3 Å². The van der Waals surface area contributed by atoms with Crippen LogP contribution >= 0.6 is 11.3 Å². The maximum Gasteiger partial charge on any atom is 0.281 e. The molecule has 0 spiro atoms. The largest absolute Gasteiger partial charge is 0.454 e. The Balaban J connectivity index is 1.45. The summed E-state index contributed by atoms with van der Waals surface area (Å²) in [4.78, 5) is 14.6. The zero-order chi connectivity index (χ0) is 18.1. The predicted octanol–water partition coefficient (Wildman–Crippen LogP) is 4.15. The molecule has 0 bridgehead atoms. The number of thiophene rings is 1. The molecule has 1 aliphatic heterocycles. The van der Waals surface area contributed by atoms with Gasteiger partial charge in [-0.3, -0.25) is 4.79 Å². The fraction of sp³-hybridized carbons (Fsp3) is 0.400. The van der Waals surface area contributed by atoms with Gasteiger partial charge in [-0.2, -0.15) is 5.10 Å². The molecule has 0 unspecified atom stereocenters. The van der Waals surface area contributed by atoms with E-state index in [0.29, 0.717) is 5.75 Å². The van der Waals surface area contributed by atoms with Crippen molar-refractivity contribution in [3.05, 3.63) is 45.1 Å². The highest BCUT2D eigenvalue weighted by atomic mass is 32.1. The first-order valence-electron chi connectivity index (χ1n) is 9.00. The molecule has 6 heteroatoms. The molecule has 4 rings (SSSR count). The summed E-state index contributed by atoms with van der Waals surface area (Å²) in [5.41, 5.74) is 5.65. The Morgan fingerprint density at radius 2 is 2.15 bits per heavy atom. The number of ether oxygens (including phenoxy) is 2. The topological polar surface area (TPSA) is 59.9 Å². The molecule has 2 aromatic rings. The number of benzene rings is 1. The summed E-state index contributed by atoms with van der Waals surface area (Å²) in [5, 5.41) is 4.26. The summed E-state index contributed by atoms with van der Waals surface area (Å²) in [6.45, 7) is 4.35. The highest BCUT2D eigenvalue weighted by molar-refractivity contribution is 7.14. The molecule has 1 atom stereocenters. The molecule has 26 heavy (non-hydrogen) atoms. The third-order valence-electron chi connectivity index (χ3n) is 5.10. The number of fused-ring (bicyclic) bond motifs is 2. The fourth-order valence-electron chi connectivity index (χ4n) is 3.44. The van der Waals surface area contributed by atoms with Gasteiger partial charge in [-0.25, -0.2) is 5.43 Å². The van der Waals surface area contributed by atoms with Crippen LogP contribution in [0.15, 0.2) is 29.4 Å². The van der Waals surface area contributed by atoms with E-state index in [1.807, 2.05) is 31.2 Å². The summed E-state index contributed by atoms with van der Waals surface area (Å²) in [6, 6.07) is 7.69. The van der Waals surface area contributed by atoms with Gasteiger partial charge < -0.3 is 9.47 Å². The number of aryl methyl sites for hydroxylation is 1. The smallest absolute Gasteiger partial charge is 0.281 e. The number of amides is 1.